The van der Waals surface area contributed by atoms with Crippen LogP contribution >= 0.6 is 0 Å². The van der Waals surface area contributed by atoms with Gasteiger partial charge in [0.2, 0.25) is 15.9 Å². The van der Waals surface area contributed by atoms with Gasteiger partial charge in [-0.05, 0) is 43.5 Å². The van der Waals surface area contributed by atoms with Gasteiger partial charge in [-0.2, -0.15) is 0 Å². The van der Waals surface area contributed by atoms with Crippen LogP contribution < -0.4 is 10.0 Å². The van der Waals surface area contributed by atoms with Crippen LogP contribution in [0.15, 0.2) is 23.1 Å². The minimum atomic E-state index is -3.86. The van der Waals surface area contributed by atoms with Gasteiger partial charge >= 0.3 is 5.97 Å². The molecule has 2 rings (SSSR count). The van der Waals surface area contributed by atoms with E-state index < -0.39 is 16.0 Å². The third-order valence-electron chi connectivity index (χ3n) is 4.13. The monoisotopic (exact) mass is 354 g/mol. The normalized spacial score (nSPS) is 15.9. The number of carbonyl (C=O) groups is 2. The summed E-state index contributed by atoms with van der Waals surface area (Å²) in [5.41, 5.74) is 0.390. The number of carboxylic acid groups (broad SMARTS) is 1. The van der Waals surface area contributed by atoms with Crippen LogP contribution in [0.1, 0.15) is 48.0 Å². The fourth-order valence-corrected chi connectivity index (χ4v) is 3.88. The van der Waals surface area contributed by atoms with E-state index in [-0.39, 0.29) is 29.0 Å². The molecule has 0 aromatic heterocycles. The van der Waals surface area contributed by atoms with Gasteiger partial charge in [-0.25, -0.2) is 17.9 Å². The summed E-state index contributed by atoms with van der Waals surface area (Å²) in [6.07, 6.45) is 5.17. The number of hydrogen-bond donors (Lipinski definition) is 3. The van der Waals surface area contributed by atoms with Crippen LogP contribution in [0.3, 0.4) is 0 Å². The predicted molar refractivity (Wildman–Crippen MR) is 88.3 cm³/mol. The van der Waals surface area contributed by atoms with Crippen molar-refractivity contribution in [2.24, 2.45) is 0 Å². The fraction of sp³-hybridized carbons (Fsp3) is 0.500. The number of benzene rings is 1. The summed E-state index contributed by atoms with van der Waals surface area (Å²) in [5.74, 6) is -1.47. The number of sulfonamides is 1. The van der Waals surface area contributed by atoms with E-state index in [1.165, 1.54) is 31.5 Å². The smallest absolute Gasteiger partial charge is 0.335 e. The van der Waals surface area contributed by atoms with Crippen molar-refractivity contribution in [3.05, 3.63) is 29.3 Å². The first kappa shape index (κ1) is 18.4. The highest BCUT2D eigenvalue weighted by atomic mass is 32.2. The van der Waals surface area contributed by atoms with Crippen molar-refractivity contribution < 1.29 is 23.1 Å². The maximum absolute atomic E-state index is 12.2. The van der Waals surface area contributed by atoms with Crippen molar-refractivity contribution in [1.82, 2.24) is 10.0 Å². The second-order valence-corrected chi connectivity index (χ2v) is 7.78. The van der Waals surface area contributed by atoms with Gasteiger partial charge in [0, 0.05) is 6.04 Å². The maximum Gasteiger partial charge on any atom is 0.335 e. The molecule has 0 heterocycles. The molecule has 0 atom stereocenters. The molecule has 1 aromatic carbocycles. The molecule has 1 aliphatic rings. The largest absolute Gasteiger partial charge is 0.478 e. The molecule has 24 heavy (non-hydrogen) atoms. The molecule has 1 amide bonds. The molecular formula is C16H22N2O5S. The lowest BCUT2D eigenvalue weighted by Gasteiger charge is -2.22. The molecular weight excluding hydrogens is 332 g/mol. The molecule has 8 heteroatoms. The summed E-state index contributed by atoms with van der Waals surface area (Å²) in [6.45, 7) is 1.19. The lowest BCUT2D eigenvalue weighted by atomic mass is 9.95. The summed E-state index contributed by atoms with van der Waals surface area (Å²) in [6, 6.07) is 3.87. The zero-order chi connectivity index (χ0) is 17.7. The zero-order valence-corrected chi connectivity index (χ0v) is 14.4. The van der Waals surface area contributed by atoms with E-state index in [2.05, 4.69) is 10.0 Å². The summed E-state index contributed by atoms with van der Waals surface area (Å²) >= 11 is 0. The number of aryl methyl sites for hydroxylation is 1. The van der Waals surface area contributed by atoms with E-state index in [0.717, 1.165) is 25.7 Å². The van der Waals surface area contributed by atoms with Crippen LogP contribution in [0, 0.1) is 6.92 Å². The maximum atomic E-state index is 12.2. The SMILES string of the molecule is Cc1cc(S(=O)(=O)NCC(=O)NC2CCCCC2)ccc1C(=O)O. The van der Waals surface area contributed by atoms with Crippen LogP contribution in [-0.2, 0) is 14.8 Å². The lowest BCUT2D eigenvalue weighted by molar-refractivity contribution is -0.120. The Bertz CT molecular complexity index is 724. The quantitative estimate of drug-likeness (QED) is 0.715. The van der Waals surface area contributed by atoms with Crippen LogP contribution in [0.25, 0.3) is 0 Å². The number of amides is 1. The minimum absolute atomic E-state index is 0.0454. The fourth-order valence-electron chi connectivity index (χ4n) is 2.81. The Balaban J connectivity index is 1.96. The standard InChI is InChI=1S/C16H22N2O5S/c1-11-9-13(7-8-14(11)16(20)21)24(22,23)17-10-15(19)18-12-5-3-2-4-6-12/h7-9,12,17H,2-6,10H2,1H3,(H,18,19)(H,20,21). The number of nitrogens with one attached hydrogen (secondary N) is 2. The summed E-state index contributed by atoms with van der Waals surface area (Å²) in [7, 11) is -3.86. The van der Waals surface area contributed by atoms with E-state index in [0.29, 0.717) is 5.56 Å². The van der Waals surface area contributed by atoms with Crippen LogP contribution in [0.2, 0.25) is 0 Å². The molecule has 0 unspecified atom stereocenters. The second-order valence-electron chi connectivity index (χ2n) is 6.01. The van der Waals surface area contributed by atoms with Gasteiger partial charge in [0.05, 0.1) is 17.0 Å². The van der Waals surface area contributed by atoms with Gasteiger partial charge in [-0.15, -0.1) is 0 Å². The first-order chi connectivity index (χ1) is 11.3. The van der Waals surface area contributed by atoms with Gasteiger partial charge in [0.25, 0.3) is 0 Å². The zero-order valence-electron chi connectivity index (χ0n) is 13.5. The number of carboxylic acids is 1. The molecule has 1 aromatic rings. The Morgan fingerprint density at radius 3 is 2.46 bits per heavy atom. The average molecular weight is 354 g/mol. The second kappa shape index (κ2) is 7.76. The number of hydrogen-bond acceptors (Lipinski definition) is 4. The molecule has 7 nitrogen and oxygen atoms in total. The third kappa shape index (κ3) is 4.78. The van der Waals surface area contributed by atoms with Crippen molar-refractivity contribution in [2.75, 3.05) is 6.54 Å². The van der Waals surface area contributed by atoms with Crippen molar-refractivity contribution in [2.45, 2.75) is 50.0 Å². The van der Waals surface area contributed by atoms with Gasteiger partial charge in [-0.3, -0.25) is 4.79 Å². The highest BCUT2D eigenvalue weighted by molar-refractivity contribution is 7.89. The molecule has 0 saturated heterocycles. The van der Waals surface area contributed by atoms with Crippen LogP contribution in [-0.4, -0.2) is 38.0 Å². The summed E-state index contributed by atoms with van der Waals surface area (Å²) in [5, 5.41) is 11.8. The van der Waals surface area contributed by atoms with E-state index >= 15 is 0 Å². The molecule has 0 radical (unpaired) electrons. The topological polar surface area (TPSA) is 113 Å². The lowest BCUT2D eigenvalue weighted by Crippen LogP contribution is -2.42. The van der Waals surface area contributed by atoms with Crippen molar-refractivity contribution in [1.29, 1.82) is 0 Å². The highest BCUT2D eigenvalue weighted by Crippen LogP contribution is 2.17. The minimum Gasteiger partial charge on any atom is -0.478 e. The first-order valence-electron chi connectivity index (χ1n) is 7.92. The Morgan fingerprint density at radius 1 is 1.21 bits per heavy atom. The van der Waals surface area contributed by atoms with Crippen LogP contribution in [0.5, 0.6) is 0 Å². The predicted octanol–water partition coefficient (Wildman–Crippen LogP) is 1.42. The Labute approximate surface area is 141 Å². The van der Waals surface area contributed by atoms with E-state index in [9.17, 15) is 18.0 Å². The van der Waals surface area contributed by atoms with E-state index in [1.54, 1.807) is 0 Å². The van der Waals surface area contributed by atoms with Crippen LogP contribution in [0.4, 0.5) is 0 Å². The first-order valence-corrected chi connectivity index (χ1v) is 9.41. The molecule has 1 saturated carbocycles. The Kier molecular flexibility index (Phi) is 5.95. The number of aromatic carboxylic acids is 1. The van der Waals surface area contributed by atoms with Gasteiger partial charge in [0.15, 0.2) is 0 Å². The van der Waals surface area contributed by atoms with Crippen molar-refractivity contribution in [3.63, 3.8) is 0 Å². The van der Waals surface area contributed by atoms with Gasteiger partial charge in [0.1, 0.15) is 0 Å². The van der Waals surface area contributed by atoms with Crippen molar-refractivity contribution in [3.8, 4) is 0 Å². The third-order valence-corrected chi connectivity index (χ3v) is 5.53. The summed E-state index contributed by atoms with van der Waals surface area (Å²) < 4.78 is 26.7. The molecule has 0 aliphatic heterocycles. The van der Waals surface area contributed by atoms with Gasteiger partial charge < -0.3 is 10.4 Å². The summed E-state index contributed by atoms with van der Waals surface area (Å²) in [4.78, 5) is 22.8. The average Bonchev–Trinajstić information content (AvgIpc) is 2.53. The molecule has 1 aliphatic carbocycles. The molecule has 0 bridgehead atoms. The molecule has 3 N–H and O–H groups in total. The number of carbonyl (C=O) groups excluding carboxylic acids is 1. The highest BCUT2D eigenvalue weighted by Gasteiger charge is 2.20. The number of rotatable bonds is 6. The Morgan fingerprint density at radius 2 is 1.88 bits per heavy atom. The molecule has 0 spiro atoms. The van der Waals surface area contributed by atoms with E-state index in [1.807, 2.05) is 0 Å². The molecule has 132 valence electrons. The van der Waals surface area contributed by atoms with Gasteiger partial charge in [-0.1, -0.05) is 19.3 Å². The van der Waals surface area contributed by atoms with Crippen molar-refractivity contribution >= 4 is 21.9 Å². The molecule has 1 fully saturated rings. The Hall–Kier alpha value is -1.93. The van der Waals surface area contributed by atoms with E-state index in [4.69, 9.17) is 5.11 Å².